The van der Waals surface area contributed by atoms with Crippen molar-refractivity contribution >= 4 is 6.29 Å². The van der Waals surface area contributed by atoms with Crippen LogP contribution < -0.4 is 0 Å². The van der Waals surface area contributed by atoms with Crippen molar-refractivity contribution in [2.75, 3.05) is 0 Å². The Kier molecular flexibility index (Phi) is 23.6. The molecule has 0 aliphatic carbocycles. The monoisotopic (exact) mass is 221 g/mol. The summed E-state index contributed by atoms with van der Waals surface area (Å²) in [6.07, 6.45) is 6.03. The highest BCUT2D eigenvalue weighted by molar-refractivity contribution is 5.59. The first-order valence-electron chi connectivity index (χ1n) is 5.62. The zero-order valence-electron chi connectivity index (χ0n) is 11.1. The van der Waals surface area contributed by atoms with Gasteiger partial charge in [0.1, 0.15) is 6.29 Å². The van der Waals surface area contributed by atoms with E-state index in [1.165, 1.54) is 6.08 Å². The van der Waals surface area contributed by atoms with Crippen LogP contribution in [0.5, 0.6) is 0 Å². The highest BCUT2D eigenvalue weighted by Crippen LogP contribution is 2.09. The van der Waals surface area contributed by atoms with E-state index in [2.05, 4.69) is 6.58 Å². The summed E-state index contributed by atoms with van der Waals surface area (Å²) in [5.74, 6) is 0. The molecule has 0 bridgehead atoms. The predicted octanol–water partition coefficient (Wildman–Crippen LogP) is 4.21. The van der Waals surface area contributed by atoms with Gasteiger partial charge in [-0.3, -0.25) is 0 Å². The topological polar surface area (TPSA) is 40.9 Å². The summed E-state index contributed by atoms with van der Waals surface area (Å²) in [6, 6.07) is 1.97. The average Bonchev–Trinajstić information content (AvgIpc) is 2.36. The standard InChI is InChI=1S/C10H11NO.2C2H6/c1-3-5-10(6-7-12)9(4-2)8-11;2*1-2/h3-5,7H,2,6H2,1H3;2*1-2H3/b5-3-,10-9-;;. The lowest BCUT2D eigenvalue weighted by molar-refractivity contribution is -0.107. The van der Waals surface area contributed by atoms with Crippen molar-refractivity contribution in [1.29, 1.82) is 5.26 Å². The quantitative estimate of drug-likeness (QED) is 0.405. The number of carbonyl (C=O) groups excluding carboxylic acids is 1. The van der Waals surface area contributed by atoms with Gasteiger partial charge < -0.3 is 4.79 Å². The van der Waals surface area contributed by atoms with E-state index in [9.17, 15) is 4.79 Å². The third kappa shape index (κ3) is 10.5. The molecule has 0 aliphatic heterocycles. The number of hydrogen-bond donors (Lipinski definition) is 0. The van der Waals surface area contributed by atoms with Gasteiger partial charge in [-0.25, -0.2) is 0 Å². The first-order valence-corrected chi connectivity index (χ1v) is 5.62. The molecule has 0 atom stereocenters. The third-order valence-electron chi connectivity index (χ3n) is 1.34. The van der Waals surface area contributed by atoms with Gasteiger partial charge in [0, 0.05) is 6.42 Å². The van der Waals surface area contributed by atoms with Gasteiger partial charge in [-0.05, 0) is 12.5 Å². The molecule has 0 aromatic heterocycles. The first-order chi connectivity index (χ1) is 7.79. The Bertz CT molecular complexity index is 267. The maximum absolute atomic E-state index is 10.2. The third-order valence-corrected chi connectivity index (χ3v) is 1.34. The van der Waals surface area contributed by atoms with Crippen molar-refractivity contribution in [2.45, 2.75) is 41.0 Å². The number of allylic oxidation sites excluding steroid dienone is 5. The van der Waals surface area contributed by atoms with Gasteiger partial charge in [0.15, 0.2) is 0 Å². The van der Waals surface area contributed by atoms with Crippen LogP contribution in [-0.4, -0.2) is 6.29 Å². The van der Waals surface area contributed by atoms with Gasteiger partial charge >= 0.3 is 0 Å². The Morgan fingerprint density at radius 2 is 1.81 bits per heavy atom. The highest BCUT2D eigenvalue weighted by Gasteiger charge is 1.97. The molecule has 0 spiro atoms. The fraction of sp³-hybridized carbons (Fsp3) is 0.429. The van der Waals surface area contributed by atoms with Crippen molar-refractivity contribution in [3.63, 3.8) is 0 Å². The Balaban J connectivity index is -0.000000376. The highest BCUT2D eigenvalue weighted by atomic mass is 16.1. The molecule has 0 saturated heterocycles. The zero-order chi connectivity index (χ0) is 13.4. The van der Waals surface area contributed by atoms with Crippen molar-refractivity contribution < 1.29 is 4.79 Å². The minimum atomic E-state index is 0.263. The van der Waals surface area contributed by atoms with Gasteiger partial charge in [-0.2, -0.15) is 5.26 Å². The maximum Gasteiger partial charge on any atom is 0.124 e. The number of hydrogen-bond acceptors (Lipinski definition) is 2. The lowest BCUT2D eigenvalue weighted by Crippen LogP contribution is -1.85. The van der Waals surface area contributed by atoms with E-state index in [0.29, 0.717) is 11.1 Å². The van der Waals surface area contributed by atoms with E-state index in [-0.39, 0.29) is 6.42 Å². The second kappa shape index (κ2) is 19.0. The molecule has 0 unspecified atom stereocenters. The first kappa shape index (κ1) is 19.9. The summed E-state index contributed by atoms with van der Waals surface area (Å²) in [5.41, 5.74) is 1.17. The lowest BCUT2D eigenvalue weighted by atomic mass is 10.1. The molecule has 2 heteroatoms. The molecule has 0 amide bonds. The predicted molar refractivity (Wildman–Crippen MR) is 71.0 cm³/mol. The van der Waals surface area contributed by atoms with Gasteiger partial charge in [-0.1, -0.05) is 52.5 Å². The Hall–Kier alpha value is -1.62. The van der Waals surface area contributed by atoms with Gasteiger partial charge in [-0.15, -0.1) is 0 Å². The van der Waals surface area contributed by atoms with Crippen LogP contribution in [-0.2, 0) is 4.79 Å². The average molecular weight is 221 g/mol. The van der Waals surface area contributed by atoms with Crippen LogP contribution >= 0.6 is 0 Å². The molecule has 0 radical (unpaired) electrons. The second-order valence-corrected chi connectivity index (χ2v) is 2.13. The zero-order valence-corrected chi connectivity index (χ0v) is 11.1. The van der Waals surface area contributed by atoms with Crippen LogP contribution in [0, 0.1) is 11.3 Å². The van der Waals surface area contributed by atoms with Crippen LogP contribution in [0.4, 0.5) is 0 Å². The van der Waals surface area contributed by atoms with Crippen molar-refractivity contribution in [2.24, 2.45) is 0 Å². The van der Waals surface area contributed by atoms with E-state index in [0.717, 1.165) is 6.29 Å². The molecule has 0 aliphatic rings. The largest absolute Gasteiger partial charge is 0.303 e. The summed E-state index contributed by atoms with van der Waals surface area (Å²) in [5, 5.41) is 8.62. The number of carbonyl (C=O) groups is 1. The number of aldehydes is 1. The Morgan fingerprint density at radius 1 is 1.31 bits per heavy atom. The minimum absolute atomic E-state index is 0.263. The van der Waals surface area contributed by atoms with Gasteiger partial charge in [0.2, 0.25) is 0 Å². The summed E-state index contributed by atoms with van der Waals surface area (Å²) in [7, 11) is 0. The number of rotatable bonds is 4. The molecule has 0 saturated carbocycles. The molecular formula is C14H23NO. The van der Waals surface area contributed by atoms with E-state index in [4.69, 9.17) is 5.26 Å². The molecule has 0 rings (SSSR count). The lowest BCUT2D eigenvalue weighted by Gasteiger charge is -1.96. The van der Waals surface area contributed by atoms with Gasteiger partial charge in [0.25, 0.3) is 0 Å². The molecule has 2 nitrogen and oxygen atoms in total. The van der Waals surface area contributed by atoms with Crippen molar-refractivity contribution in [1.82, 2.24) is 0 Å². The molecule has 0 heterocycles. The Labute approximate surface area is 100.0 Å². The van der Waals surface area contributed by atoms with Crippen LogP contribution in [0.25, 0.3) is 0 Å². The van der Waals surface area contributed by atoms with Crippen LogP contribution in [0.2, 0.25) is 0 Å². The molecule has 90 valence electrons. The van der Waals surface area contributed by atoms with E-state index >= 15 is 0 Å². The summed E-state index contributed by atoms with van der Waals surface area (Å²) in [6.45, 7) is 13.3. The van der Waals surface area contributed by atoms with Gasteiger partial charge in [0.05, 0.1) is 11.6 Å². The molecule has 0 N–H and O–H groups in total. The summed E-state index contributed by atoms with van der Waals surface area (Å²) < 4.78 is 0. The fourth-order valence-corrected chi connectivity index (χ4v) is 0.807. The van der Waals surface area contributed by atoms with Crippen LogP contribution in [0.1, 0.15) is 41.0 Å². The minimum Gasteiger partial charge on any atom is -0.303 e. The fourth-order valence-electron chi connectivity index (χ4n) is 0.807. The summed E-state index contributed by atoms with van der Waals surface area (Å²) >= 11 is 0. The molecule has 0 fully saturated rings. The molecule has 0 aromatic carbocycles. The van der Waals surface area contributed by atoms with Crippen molar-refractivity contribution in [3.8, 4) is 6.07 Å². The van der Waals surface area contributed by atoms with Crippen LogP contribution in [0.3, 0.4) is 0 Å². The number of nitriles is 1. The van der Waals surface area contributed by atoms with E-state index in [1.54, 1.807) is 12.2 Å². The van der Waals surface area contributed by atoms with E-state index in [1.807, 2.05) is 40.7 Å². The van der Waals surface area contributed by atoms with Crippen LogP contribution in [0.15, 0.2) is 36.0 Å². The second-order valence-electron chi connectivity index (χ2n) is 2.13. The number of nitrogens with zero attached hydrogens (tertiary/aromatic N) is 1. The SMILES string of the molecule is C=C/C(C#N)=C(\C=C/C)CC=O.CC.CC. The van der Waals surface area contributed by atoms with Crippen molar-refractivity contribution in [3.05, 3.63) is 36.0 Å². The maximum atomic E-state index is 10.2. The normalized spacial score (nSPS) is 9.75. The summed E-state index contributed by atoms with van der Waals surface area (Å²) in [4.78, 5) is 10.2. The van der Waals surface area contributed by atoms with E-state index < -0.39 is 0 Å². The smallest absolute Gasteiger partial charge is 0.124 e. The molecule has 16 heavy (non-hydrogen) atoms. The molecular weight excluding hydrogens is 198 g/mol. The Morgan fingerprint density at radius 3 is 2.06 bits per heavy atom. The molecule has 0 aromatic rings.